The van der Waals surface area contributed by atoms with Crippen molar-refractivity contribution in [2.24, 2.45) is 5.92 Å². The van der Waals surface area contributed by atoms with Crippen LogP contribution in [-0.2, 0) is 14.8 Å². The van der Waals surface area contributed by atoms with Crippen molar-refractivity contribution >= 4 is 27.7 Å². The normalized spacial score (nSPS) is 18.2. The number of nitrogens with one attached hydrogen (secondary N) is 1. The van der Waals surface area contributed by atoms with E-state index in [0.29, 0.717) is 30.6 Å². The molecule has 1 aromatic rings. The highest BCUT2D eigenvalue weighted by molar-refractivity contribution is 7.89. The van der Waals surface area contributed by atoms with Crippen LogP contribution in [0, 0.1) is 12.8 Å². The van der Waals surface area contributed by atoms with Gasteiger partial charge in [0.25, 0.3) is 0 Å². The summed E-state index contributed by atoms with van der Waals surface area (Å²) < 4.78 is 25.8. The highest BCUT2D eigenvalue weighted by Crippen LogP contribution is 2.23. The van der Waals surface area contributed by atoms with Crippen molar-refractivity contribution in [1.82, 2.24) is 9.21 Å². The fourth-order valence-corrected chi connectivity index (χ4v) is 3.86. The van der Waals surface area contributed by atoms with Crippen molar-refractivity contribution in [1.29, 1.82) is 0 Å². The smallest absolute Gasteiger partial charge is 0.321 e. The Hall–Kier alpha value is -2.13. The molecule has 9 heteroatoms. The second-order valence-corrected chi connectivity index (χ2v) is 8.44. The van der Waals surface area contributed by atoms with Crippen LogP contribution in [0.4, 0.5) is 10.5 Å². The molecule has 2 N–H and O–H groups in total. The van der Waals surface area contributed by atoms with Gasteiger partial charge in [-0.05, 0) is 37.5 Å². The Kier molecular flexibility index (Phi) is 5.69. The molecule has 2 rings (SSSR count). The molecule has 0 saturated carbocycles. The quantitative estimate of drug-likeness (QED) is 0.838. The Morgan fingerprint density at radius 3 is 2.60 bits per heavy atom. The number of hydrogen-bond acceptors (Lipinski definition) is 4. The predicted molar refractivity (Wildman–Crippen MR) is 93.0 cm³/mol. The lowest BCUT2D eigenvalue weighted by atomic mass is 9.99. The SMILES string of the molecule is Cc1ccc(NC(=O)N2CCCC(C(=O)O)C2)cc1S(=O)(=O)N(C)C. The maximum Gasteiger partial charge on any atom is 0.321 e. The Balaban J connectivity index is 2.18. The summed E-state index contributed by atoms with van der Waals surface area (Å²) in [6, 6.07) is 4.24. The zero-order chi connectivity index (χ0) is 18.8. The molecule has 1 atom stereocenters. The third-order valence-corrected chi connectivity index (χ3v) is 6.21. The van der Waals surface area contributed by atoms with Crippen LogP contribution in [0.1, 0.15) is 18.4 Å². The first-order chi connectivity index (χ1) is 11.6. The van der Waals surface area contributed by atoms with E-state index in [-0.39, 0.29) is 11.4 Å². The summed E-state index contributed by atoms with van der Waals surface area (Å²) in [4.78, 5) is 25.1. The van der Waals surface area contributed by atoms with E-state index in [4.69, 9.17) is 5.11 Å². The lowest BCUT2D eigenvalue weighted by Gasteiger charge is -2.30. The second kappa shape index (κ2) is 7.40. The number of amides is 2. The highest BCUT2D eigenvalue weighted by Gasteiger charge is 2.28. The van der Waals surface area contributed by atoms with Gasteiger partial charge < -0.3 is 15.3 Å². The van der Waals surface area contributed by atoms with Crippen LogP contribution in [0.2, 0.25) is 0 Å². The molecule has 0 aliphatic carbocycles. The number of aryl methyl sites for hydroxylation is 1. The molecule has 0 bridgehead atoms. The average Bonchev–Trinajstić information content (AvgIpc) is 2.56. The lowest BCUT2D eigenvalue weighted by molar-refractivity contribution is -0.143. The molecule has 8 nitrogen and oxygen atoms in total. The minimum atomic E-state index is -3.62. The molecule has 1 aliphatic rings. The molecule has 0 spiro atoms. The van der Waals surface area contributed by atoms with Crippen molar-refractivity contribution < 1.29 is 23.1 Å². The molecule has 2 amide bonds. The van der Waals surface area contributed by atoms with Crippen LogP contribution in [0.5, 0.6) is 0 Å². The van der Waals surface area contributed by atoms with Gasteiger partial charge >= 0.3 is 12.0 Å². The number of carbonyl (C=O) groups is 2. The van der Waals surface area contributed by atoms with Gasteiger partial charge in [0.05, 0.1) is 10.8 Å². The number of sulfonamides is 1. The fourth-order valence-electron chi connectivity index (χ4n) is 2.72. The molecule has 1 heterocycles. The Morgan fingerprint density at radius 2 is 2.00 bits per heavy atom. The third-order valence-electron chi connectivity index (χ3n) is 4.26. The van der Waals surface area contributed by atoms with Crippen molar-refractivity contribution in [3.8, 4) is 0 Å². The summed E-state index contributed by atoms with van der Waals surface area (Å²) >= 11 is 0. The number of rotatable bonds is 4. The first kappa shape index (κ1) is 19.2. The van der Waals surface area contributed by atoms with E-state index < -0.39 is 27.9 Å². The molecular weight excluding hydrogens is 346 g/mol. The van der Waals surface area contributed by atoms with Crippen molar-refractivity contribution in [3.05, 3.63) is 23.8 Å². The number of aliphatic carboxylic acids is 1. The van der Waals surface area contributed by atoms with Crippen LogP contribution in [0.15, 0.2) is 23.1 Å². The average molecular weight is 369 g/mol. The largest absolute Gasteiger partial charge is 0.481 e. The van der Waals surface area contributed by atoms with Gasteiger partial charge in [-0.2, -0.15) is 0 Å². The molecule has 1 fully saturated rings. The first-order valence-electron chi connectivity index (χ1n) is 7.95. The number of carbonyl (C=O) groups excluding carboxylic acids is 1. The van der Waals surface area contributed by atoms with E-state index in [1.165, 1.54) is 25.1 Å². The topological polar surface area (TPSA) is 107 Å². The monoisotopic (exact) mass is 369 g/mol. The van der Waals surface area contributed by atoms with Gasteiger partial charge in [0.2, 0.25) is 10.0 Å². The van der Waals surface area contributed by atoms with Gasteiger partial charge in [-0.1, -0.05) is 6.07 Å². The van der Waals surface area contributed by atoms with Gasteiger partial charge in [-0.15, -0.1) is 0 Å². The van der Waals surface area contributed by atoms with Crippen molar-refractivity contribution in [3.63, 3.8) is 0 Å². The number of anilines is 1. The molecule has 138 valence electrons. The number of carboxylic acids is 1. The molecular formula is C16H23N3O5S. The summed E-state index contributed by atoms with van der Waals surface area (Å²) in [6.45, 7) is 2.31. The molecule has 0 aromatic heterocycles. The Bertz CT molecular complexity index is 776. The number of benzene rings is 1. The van der Waals surface area contributed by atoms with Gasteiger partial charge in [0, 0.05) is 32.9 Å². The van der Waals surface area contributed by atoms with E-state index >= 15 is 0 Å². The molecule has 1 unspecified atom stereocenters. The zero-order valence-corrected chi connectivity index (χ0v) is 15.3. The highest BCUT2D eigenvalue weighted by atomic mass is 32.2. The number of piperidine rings is 1. The zero-order valence-electron chi connectivity index (χ0n) is 14.5. The first-order valence-corrected chi connectivity index (χ1v) is 9.39. The predicted octanol–water partition coefficient (Wildman–Crippen LogP) is 1.57. The molecule has 1 aromatic carbocycles. The minimum Gasteiger partial charge on any atom is -0.481 e. The summed E-state index contributed by atoms with van der Waals surface area (Å²) in [7, 11) is -0.732. The van der Waals surface area contributed by atoms with Crippen LogP contribution in [0.25, 0.3) is 0 Å². The van der Waals surface area contributed by atoms with E-state index in [0.717, 1.165) is 4.31 Å². The third kappa shape index (κ3) is 4.29. The second-order valence-electron chi connectivity index (χ2n) is 6.32. The summed E-state index contributed by atoms with van der Waals surface area (Å²) in [5.41, 5.74) is 0.934. The van der Waals surface area contributed by atoms with E-state index in [9.17, 15) is 18.0 Å². The van der Waals surface area contributed by atoms with Crippen LogP contribution in [0.3, 0.4) is 0 Å². The van der Waals surface area contributed by atoms with Crippen LogP contribution >= 0.6 is 0 Å². The summed E-state index contributed by atoms with van der Waals surface area (Å²) in [6.07, 6.45) is 1.17. The number of nitrogens with zero attached hydrogens (tertiary/aromatic N) is 2. The minimum absolute atomic E-state index is 0.123. The van der Waals surface area contributed by atoms with Crippen LogP contribution < -0.4 is 5.32 Å². The lowest BCUT2D eigenvalue weighted by Crippen LogP contribution is -2.44. The van der Waals surface area contributed by atoms with Crippen molar-refractivity contribution in [2.45, 2.75) is 24.7 Å². The van der Waals surface area contributed by atoms with Gasteiger partial charge in [-0.25, -0.2) is 17.5 Å². The number of likely N-dealkylation sites (tertiary alicyclic amines) is 1. The standard InChI is InChI=1S/C16H23N3O5S/c1-11-6-7-13(9-14(11)25(23,24)18(2)3)17-16(22)19-8-4-5-12(10-19)15(20)21/h6-7,9,12H,4-5,8,10H2,1-3H3,(H,17,22)(H,20,21). The maximum absolute atomic E-state index is 12.4. The van der Waals surface area contributed by atoms with Gasteiger partial charge in [0.15, 0.2) is 0 Å². The van der Waals surface area contributed by atoms with E-state index in [1.807, 2.05) is 0 Å². The van der Waals surface area contributed by atoms with E-state index in [2.05, 4.69) is 5.32 Å². The number of carboxylic acid groups (broad SMARTS) is 1. The van der Waals surface area contributed by atoms with Crippen LogP contribution in [-0.4, -0.2) is 61.9 Å². The maximum atomic E-state index is 12.4. The molecule has 1 saturated heterocycles. The fraction of sp³-hybridized carbons (Fsp3) is 0.500. The number of hydrogen-bond donors (Lipinski definition) is 2. The molecule has 0 radical (unpaired) electrons. The molecule has 25 heavy (non-hydrogen) atoms. The number of urea groups is 1. The Labute approximate surface area is 147 Å². The van der Waals surface area contributed by atoms with Gasteiger partial charge in [0.1, 0.15) is 0 Å². The molecule has 1 aliphatic heterocycles. The summed E-state index contributed by atoms with van der Waals surface area (Å²) in [5.74, 6) is -1.48. The Morgan fingerprint density at radius 1 is 1.32 bits per heavy atom. The summed E-state index contributed by atoms with van der Waals surface area (Å²) in [5, 5.41) is 11.8. The van der Waals surface area contributed by atoms with Crippen molar-refractivity contribution in [2.75, 3.05) is 32.5 Å². The van der Waals surface area contributed by atoms with Gasteiger partial charge in [-0.3, -0.25) is 4.79 Å². The van der Waals surface area contributed by atoms with E-state index in [1.54, 1.807) is 19.1 Å².